The average Bonchev–Trinajstić information content (AvgIpc) is 1.34. The molecule has 0 aliphatic rings. The molecule has 0 spiro atoms. The lowest BCUT2D eigenvalue weighted by atomic mass is 10.0. The minimum atomic E-state index is -0.510. The largest absolute Gasteiger partial charge is 0.361 e. The molecule has 0 saturated carbocycles. The number of carbonyl (C=O) groups excluding carboxylic acids is 8. The number of aryl methyl sites for hydroxylation is 5. The zero-order valence-electron chi connectivity index (χ0n) is 64.2. The van der Waals surface area contributed by atoms with Gasteiger partial charge >= 0.3 is 0 Å². The Morgan fingerprint density at radius 1 is 0.339 bits per heavy atom. The van der Waals surface area contributed by atoms with Gasteiger partial charge in [-0.2, -0.15) is 0 Å². The number of benzene rings is 4. The minimum Gasteiger partial charge on any atom is -0.361 e. The Balaban J connectivity index is 0.000000171. The van der Waals surface area contributed by atoms with E-state index in [1.807, 2.05) is 51.1 Å². The van der Waals surface area contributed by atoms with Gasteiger partial charge in [0.1, 0.15) is 46.1 Å². The second-order valence-electron chi connectivity index (χ2n) is 26.1. The van der Waals surface area contributed by atoms with Crippen molar-refractivity contribution < 1.29 is 65.2 Å². The molecular weight excluding hydrogens is 1450 g/mol. The maximum absolute atomic E-state index is 14.4. The number of rotatable bonds is 24. The molecule has 0 bridgehead atoms. The van der Waals surface area contributed by atoms with E-state index in [-0.39, 0.29) is 83.8 Å². The molecule has 0 radical (unpaired) electrons. The van der Waals surface area contributed by atoms with Crippen molar-refractivity contribution in [3.63, 3.8) is 0 Å². The van der Waals surface area contributed by atoms with Gasteiger partial charge in [-0.15, -0.1) is 0 Å². The highest BCUT2D eigenvalue weighted by atomic mass is 35.5. The summed E-state index contributed by atoms with van der Waals surface area (Å²) in [7, 11) is 6.56. The van der Waals surface area contributed by atoms with E-state index in [0.29, 0.717) is 121 Å². The van der Waals surface area contributed by atoms with E-state index in [9.17, 15) is 47.1 Å². The third kappa shape index (κ3) is 21.7. The molecule has 8 aromatic heterocycles. The number of amides is 4. The van der Waals surface area contributed by atoms with Gasteiger partial charge in [0.25, 0.3) is 0 Å². The van der Waals surface area contributed by atoms with Crippen molar-refractivity contribution in [2.24, 2.45) is 0 Å². The average molecular weight is 1540 g/mol. The van der Waals surface area contributed by atoms with Gasteiger partial charge < -0.3 is 37.7 Å². The Kier molecular flexibility index (Phi) is 28.5. The van der Waals surface area contributed by atoms with Crippen LogP contribution in [-0.2, 0) is 44.9 Å². The summed E-state index contributed by atoms with van der Waals surface area (Å²) in [6.45, 7) is 16.3. The van der Waals surface area contributed by atoms with Crippen LogP contribution in [0.4, 0.5) is 31.5 Å². The fourth-order valence-electron chi connectivity index (χ4n) is 11.5. The summed E-state index contributed by atoms with van der Waals surface area (Å²) in [6, 6.07) is 41.1. The summed E-state index contributed by atoms with van der Waals surface area (Å²) in [5, 5.41) is 15.5. The van der Waals surface area contributed by atoms with Gasteiger partial charge in [0.15, 0.2) is 23.1 Å². The quantitative estimate of drug-likeness (QED) is 0.0507. The molecule has 4 aromatic carbocycles. The number of halogens is 3. The van der Waals surface area contributed by atoms with Crippen molar-refractivity contribution in [3.05, 3.63) is 261 Å². The first kappa shape index (κ1) is 83.1. The fourth-order valence-corrected chi connectivity index (χ4v) is 11.8. The molecule has 0 fully saturated rings. The second kappa shape index (κ2) is 38.4. The van der Waals surface area contributed by atoms with Crippen molar-refractivity contribution in [2.75, 3.05) is 47.8 Å². The van der Waals surface area contributed by atoms with Crippen molar-refractivity contribution in [1.82, 2.24) is 40.6 Å². The molecule has 0 aliphatic carbocycles. The van der Waals surface area contributed by atoms with Crippen LogP contribution < -0.4 is 19.6 Å². The van der Waals surface area contributed by atoms with Gasteiger partial charge in [0.05, 0.1) is 81.9 Å². The Morgan fingerprint density at radius 3 is 0.964 bits per heavy atom. The molecule has 0 atom stereocenters. The van der Waals surface area contributed by atoms with Crippen molar-refractivity contribution in [2.45, 2.75) is 114 Å². The summed E-state index contributed by atoms with van der Waals surface area (Å²) in [4.78, 5) is 120. The molecule has 0 N–H and O–H groups in total. The van der Waals surface area contributed by atoms with E-state index in [1.54, 1.807) is 184 Å². The fraction of sp³-hybridized carbons (Fsp3) is 0.247. The number of pyridine rings is 4. The normalized spacial score (nSPS) is 10.7. The molecule has 24 nitrogen and oxygen atoms in total. The third-order valence-corrected chi connectivity index (χ3v) is 18.1. The Bertz CT molecular complexity index is 4710. The maximum atomic E-state index is 14.4. The number of hydrogen-bond acceptors (Lipinski definition) is 20. The van der Waals surface area contributed by atoms with Gasteiger partial charge in [-0.05, 0) is 136 Å². The van der Waals surface area contributed by atoms with E-state index in [4.69, 9.17) is 29.7 Å². The van der Waals surface area contributed by atoms with Gasteiger partial charge in [-0.1, -0.05) is 96.3 Å². The number of ketones is 4. The Labute approximate surface area is 650 Å². The van der Waals surface area contributed by atoms with E-state index < -0.39 is 11.6 Å². The molecular formula is C85H83ClF2N12O12. The number of nitrogens with zero attached hydrogens (tertiary/aromatic N) is 12. The number of hydrogen-bond donors (Lipinski definition) is 0. The number of anilines is 4. The maximum Gasteiger partial charge on any atom is 0.226 e. The van der Waals surface area contributed by atoms with Gasteiger partial charge in [-0.3, -0.25) is 58.3 Å². The Morgan fingerprint density at radius 2 is 0.652 bits per heavy atom. The number of aromatic nitrogens is 8. The van der Waals surface area contributed by atoms with Crippen LogP contribution in [0.1, 0.15) is 146 Å². The van der Waals surface area contributed by atoms with Crippen LogP contribution in [0.2, 0.25) is 5.02 Å². The summed E-state index contributed by atoms with van der Waals surface area (Å²) >= 11 is 6.36. The number of carbonyl (C=O) groups is 8. The minimum absolute atomic E-state index is 0.0161. The zero-order chi connectivity index (χ0) is 81.0. The summed E-state index contributed by atoms with van der Waals surface area (Å²) in [5.74, 6) is 0.203. The molecule has 0 aliphatic heterocycles. The lowest BCUT2D eigenvalue weighted by Gasteiger charge is -2.19. The smallest absolute Gasteiger partial charge is 0.226 e. The first-order valence-electron chi connectivity index (χ1n) is 35.8. The van der Waals surface area contributed by atoms with Crippen LogP contribution in [0.25, 0.3) is 44.8 Å². The van der Waals surface area contributed by atoms with E-state index in [0.717, 1.165) is 39.3 Å². The van der Waals surface area contributed by atoms with E-state index in [2.05, 4.69) is 40.6 Å². The topological polar surface area (TPSA) is 305 Å². The first-order valence-corrected chi connectivity index (χ1v) is 36.2. The Hall–Kier alpha value is -13.0. The predicted molar refractivity (Wildman–Crippen MR) is 420 cm³/mol. The molecule has 8 heterocycles. The highest BCUT2D eigenvalue weighted by molar-refractivity contribution is 6.34. The molecule has 576 valence electrons. The lowest BCUT2D eigenvalue weighted by molar-refractivity contribution is -0.118. The highest BCUT2D eigenvalue weighted by Crippen LogP contribution is 2.33. The second-order valence-corrected chi connectivity index (χ2v) is 26.5. The SMILES string of the molecule is CCC(=O)N(C)c1ccc(-c2ccc(C(=O)Cc3cc(C)no3)cn2)cc1Cl.CCC(=O)N(C)c1ccc(-c2ccc(C(=O)Cc3cc(C)no3)cn2)cc1F.CCC(=O)N(C)c1ccc(-c2ccc(C(=O)Cc3cc(C)no3)nc2)cc1C.CCC(=O)N(C)c1ccc(-c2ccc(C(=O)Cc3cc(C)no3)nc2)cc1F. The summed E-state index contributed by atoms with van der Waals surface area (Å²) < 4.78 is 49.2. The van der Waals surface area contributed by atoms with Gasteiger partial charge in [0, 0.05) is 142 Å². The molecule has 12 aromatic rings. The van der Waals surface area contributed by atoms with E-state index in [1.165, 1.54) is 45.4 Å². The monoisotopic (exact) mass is 1540 g/mol. The standard InChI is InChI=1S/C22H23N3O3.C21H20ClN3O3.2C21H20FN3O3/c1-5-22(27)25(4)20-9-7-16(10-14(20)2)17-6-8-19(23-13-17)21(26)12-18-11-15(3)24-28-18;2*1-4-21(27)25(3)19-8-6-14(10-17(19)22)18-7-5-15(12-23-18)20(26)11-16-9-13(2)24-28-16;1-4-21(27)25(3)19-8-6-14(10-17(19)22)15-5-7-18(23-12-15)20(26)11-16-9-13(2)24-28-16/h6-11,13H,5,12H2,1-4H3;3*5-10,12H,4,11H2,1-3H3. The molecule has 0 unspecified atom stereocenters. The first-order chi connectivity index (χ1) is 53.5. The molecule has 27 heteroatoms. The van der Waals surface area contributed by atoms with Crippen molar-refractivity contribution >= 4 is 81.1 Å². The highest BCUT2D eigenvalue weighted by Gasteiger charge is 2.22. The predicted octanol–water partition coefficient (Wildman–Crippen LogP) is 16.6. The van der Waals surface area contributed by atoms with Crippen LogP contribution in [0.15, 0.2) is 188 Å². The van der Waals surface area contributed by atoms with E-state index >= 15 is 0 Å². The lowest BCUT2D eigenvalue weighted by Crippen LogP contribution is -2.25. The van der Waals surface area contributed by atoms with Crippen molar-refractivity contribution in [1.29, 1.82) is 0 Å². The molecule has 0 saturated heterocycles. The molecule has 12 rings (SSSR count). The molecule has 4 amide bonds. The van der Waals surface area contributed by atoms with Crippen LogP contribution in [-0.4, -0.2) is 116 Å². The zero-order valence-corrected chi connectivity index (χ0v) is 65.0. The van der Waals surface area contributed by atoms with Crippen LogP contribution >= 0.6 is 11.6 Å². The van der Waals surface area contributed by atoms with Crippen LogP contribution in [0.5, 0.6) is 0 Å². The van der Waals surface area contributed by atoms with Gasteiger partial charge in [-0.25, -0.2) is 8.78 Å². The van der Waals surface area contributed by atoms with Gasteiger partial charge in [0.2, 0.25) is 23.6 Å². The van der Waals surface area contributed by atoms with Crippen LogP contribution in [0.3, 0.4) is 0 Å². The summed E-state index contributed by atoms with van der Waals surface area (Å²) in [5.41, 5.74) is 13.2. The van der Waals surface area contributed by atoms with Crippen LogP contribution in [0, 0.1) is 46.3 Å². The summed E-state index contributed by atoms with van der Waals surface area (Å²) in [6.07, 6.45) is 8.12. The molecule has 112 heavy (non-hydrogen) atoms. The third-order valence-electron chi connectivity index (χ3n) is 17.8. The number of Topliss-reactive ketones (excluding diaryl/α,β-unsaturated/α-hetero) is 4. The van der Waals surface area contributed by atoms with Crippen molar-refractivity contribution in [3.8, 4) is 44.8 Å².